The minimum Gasteiger partial charge on any atom is -0.310 e. The number of aromatic nitrogens is 2. The Balaban J connectivity index is 2.06. The Kier molecular flexibility index (Phi) is 3.36. The van der Waals surface area contributed by atoms with Crippen LogP contribution >= 0.6 is 27.7 Å². The maximum absolute atomic E-state index is 11.7. The predicted octanol–water partition coefficient (Wildman–Crippen LogP) is 2.96. The second-order valence-corrected chi connectivity index (χ2v) is 6.37. The first-order chi connectivity index (χ1) is 9.15. The number of aryl methyl sites for hydroxylation is 1. The quantitative estimate of drug-likeness (QED) is 0.870. The van der Waals surface area contributed by atoms with Gasteiger partial charge in [0.25, 0.3) is 0 Å². The molecule has 98 valence electrons. The SMILES string of the molecule is Cn1ncc2c1NC(=O)CS[C@@H]2c1ccc(Br)cc1. The molecule has 0 unspecified atom stereocenters. The molecule has 0 fully saturated rings. The third-order valence-corrected chi connectivity index (χ3v) is 4.88. The fourth-order valence-electron chi connectivity index (χ4n) is 2.13. The molecule has 3 rings (SSSR count). The van der Waals surface area contributed by atoms with Gasteiger partial charge >= 0.3 is 0 Å². The summed E-state index contributed by atoms with van der Waals surface area (Å²) in [7, 11) is 1.84. The lowest BCUT2D eigenvalue weighted by Gasteiger charge is -2.13. The van der Waals surface area contributed by atoms with Crippen LogP contribution in [0.2, 0.25) is 0 Å². The number of nitrogens with one attached hydrogen (secondary N) is 1. The van der Waals surface area contributed by atoms with Gasteiger partial charge in [0.1, 0.15) is 5.82 Å². The molecule has 2 aromatic rings. The van der Waals surface area contributed by atoms with E-state index in [1.54, 1.807) is 16.4 Å². The smallest absolute Gasteiger partial charge is 0.235 e. The lowest BCUT2D eigenvalue weighted by atomic mass is 10.1. The highest BCUT2D eigenvalue weighted by Gasteiger charge is 2.26. The van der Waals surface area contributed by atoms with Crippen LogP contribution < -0.4 is 5.32 Å². The van der Waals surface area contributed by atoms with Crippen LogP contribution in [0.15, 0.2) is 34.9 Å². The standard InChI is InChI=1S/C13H12BrN3OS/c1-17-13-10(6-15-17)12(19-7-11(18)16-13)8-2-4-9(14)5-3-8/h2-6,12H,7H2,1H3,(H,16,18)/t12-/m1/s1. The number of halogens is 1. The Morgan fingerprint density at radius 3 is 2.89 bits per heavy atom. The number of benzene rings is 1. The molecule has 0 saturated carbocycles. The van der Waals surface area contributed by atoms with Gasteiger partial charge in [-0.25, -0.2) is 0 Å². The Labute approximate surface area is 123 Å². The summed E-state index contributed by atoms with van der Waals surface area (Å²) in [6.45, 7) is 0. The average molecular weight is 338 g/mol. The fraction of sp³-hybridized carbons (Fsp3) is 0.231. The number of anilines is 1. The maximum Gasteiger partial charge on any atom is 0.235 e. The number of carbonyl (C=O) groups excluding carboxylic acids is 1. The van der Waals surface area contributed by atoms with E-state index >= 15 is 0 Å². The largest absolute Gasteiger partial charge is 0.310 e. The van der Waals surface area contributed by atoms with Crippen molar-refractivity contribution < 1.29 is 4.79 Å². The first kappa shape index (κ1) is 12.7. The van der Waals surface area contributed by atoms with Gasteiger partial charge in [-0.2, -0.15) is 5.10 Å². The topological polar surface area (TPSA) is 46.9 Å². The second-order valence-electron chi connectivity index (χ2n) is 4.36. The summed E-state index contributed by atoms with van der Waals surface area (Å²) >= 11 is 5.07. The van der Waals surface area contributed by atoms with E-state index in [2.05, 4.69) is 38.5 Å². The van der Waals surface area contributed by atoms with E-state index in [9.17, 15) is 4.79 Å². The third kappa shape index (κ3) is 2.42. The summed E-state index contributed by atoms with van der Waals surface area (Å²) in [5.41, 5.74) is 2.24. The molecule has 0 spiro atoms. The van der Waals surface area contributed by atoms with Crippen molar-refractivity contribution in [2.24, 2.45) is 7.05 Å². The number of fused-ring (bicyclic) bond motifs is 1. The Morgan fingerprint density at radius 2 is 2.16 bits per heavy atom. The number of nitrogens with zero attached hydrogens (tertiary/aromatic N) is 2. The molecule has 0 radical (unpaired) electrons. The first-order valence-electron chi connectivity index (χ1n) is 5.84. The van der Waals surface area contributed by atoms with Crippen molar-refractivity contribution in [3.8, 4) is 0 Å². The molecule has 2 heterocycles. The van der Waals surface area contributed by atoms with E-state index in [1.165, 1.54) is 5.56 Å². The maximum atomic E-state index is 11.7. The molecule has 0 saturated heterocycles. The minimum absolute atomic E-state index is 0.0226. The first-order valence-corrected chi connectivity index (χ1v) is 7.68. The Hall–Kier alpha value is -1.27. The lowest BCUT2D eigenvalue weighted by molar-refractivity contribution is -0.113. The van der Waals surface area contributed by atoms with Gasteiger partial charge in [0, 0.05) is 17.1 Å². The van der Waals surface area contributed by atoms with Crippen LogP contribution in [0.25, 0.3) is 0 Å². The summed E-state index contributed by atoms with van der Waals surface area (Å²) < 4.78 is 2.76. The van der Waals surface area contributed by atoms with Gasteiger partial charge in [-0.1, -0.05) is 28.1 Å². The number of hydrogen-bond acceptors (Lipinski definition) is 3. The van der Waals surface area contributed by atoms with Crippen molar-refractivity contribution in [2.75, 3.05) is 11.1 Å². The van der Waals surface area contributed by atoms with E-state index in [4.69, 9.17) is 0 Å². The number of rotatable bonds is 1. The molecule has 1 amide bonds. The average Bonchev–Trinajstić information content (AvgIpc) is 2.65. The van der Waals surface area contributed by atoms with Crippen molar-refractivity contribution in [1.29, 1.82) is 0 Å². The van der Waals surface area contributed by atoms with Gasteiger partial charge in [0.15, 0.2) is 0 Å². The minimum atomic E-state index is 0.0226. The molecule has 4 nitrogen and oxygen atoms in total. The molecule has 0 aliphatic carbocycles. The molecule has 19 heavy (non-hydrogen) atoms. The van der Waals surface area contributed by atoms with Gasteiger partial charge in [-0.15, -0.1) is 11.8 Å². The molecule has 1 aliphatic heterocycles. The number of amides is 1. The number of hydrogen-bond donors (Lipinski definition) is 1. The third-order valence-electron chi connectivity index (χ3n) is 3.06. The van der Waals surface area contributed by atoms with Gasteiger partial charge < -0.3 is 5.32 Å². The van der Waals surface area contributed by atoms with Gasteiger partial charge in [0.05, 0.1) is 17.2 Å². The zero-order chi connectivity index (χ0) is 13.4. The number of carbonyl (C=O) groups is 1. The summed E-state index contributed by atoms with van der Waals surface area (Å²) in [4.78, 5) is 11.7. The summed E-state index contributed by atoms with van der Waals surface area (Å²) in [5, 5.41) is 7.30. The van der Waals surface area contributed by atoms with Crippen LogP contribution in [-0.2, 0) is 11.8 Å². The van der Waals surface area contributed by atoms with E-state index in [-0.39, 0.29) is 11.2 Å². The van der Waals surface area contributed by atoms with Gasteiger partial charge in [0.2, 0.25) is 5.91 Å². The molecule has 1 aromatic heterocycles. The van der Waals surface area contributed by atoms with Crippen LogP contribution in [0.1, 0.15) is 16.4 Å². The van der Waals surface area contributed by atoms with Crippen LogP contribution in [0.3, 0.4) is 0 Å². The van der Waals surface area contributed by atoms with Crippen LogP contribution in [0.5, 0.6) is 0 Å². The highest BCUT2D eigenvalue weighted by Crippen LogP contribution is 2.41. The second kappa shape index (κ2) is 5.02. The Morgan fingerprint density at radius 1 is 1.42 bits per heavy atom. The van der Waals surface area contributed by atoms with Crippen molar-refractivity contribution >= 4 is 39.4 Å². The van der Waals surface area contributed by atoms with Crippen LogP contribution in [0, 0.1) is 0 Å². The van der Waals surface area contributed by atoms with Crippen molar-refractivity contribution in [3.63, 3.8) is 0 Å². The summed E-state index contributed by atoms with van der Waals surface area (Å²) in [5.74, 6) is 1.27. The highest BCUT2D eigenvalue weighted by atomic mass is 79.9. The Bertz CT molecular complexity index is 623. The van der Waals surface area contributed by atoms with E-state index in [1.807, 2.05) is 25.4 Å². The van der Waals surface area contributed by atoms with Gasteiger partial charge in [-0.05, 0) is 17.7 Å². The molecule has 1 atom stereocenters. The summed E-state index contributed by atoms with van der Waals surface area (Å²) in [6, 6.07) is 8.20. The molecule has 6 heteroatoms. The lowest BCUT2D eigenvalue weighted by Crippen LogP contribution is -2.15. The predicted molar refractivity (Wildman–Crippen MR) is 80.3 cm³/mol. The molecule has 1 aromatic carbocycles. The van der Waals surface area contributed by atoms with Crippen molar-refractivity contribution in [3.05, 3.63) is 46.1 Å². The van der Waals surface area contributed by atoms with Crippen LogP contribution in [0.4, 0.5) is 5.82 Å². The summed E-state index contributed by atoms with van der Waals surface area (Å²) in [6.07, 6.45) is 1.83. The fourth-order valence-corrected chi connectivity index (χ4v) is 3.49. The van der Waals surface area contributed by atoms with E-state index < -0.39 is 0 Å². The molecule has 1 aliphatic rings. The molecular formula is C13H12BrN3OS. The van der Waals surface area contributed by atoms with Crippen molar-refractivity contribution in [1.82, 2.24) is 9.78 Å². The molecule has 1 N–H and O–H groups in total. The zero-order valence-electron chi connectivity index (χ0n) is 10.3. The van der Waals surface area contributed by atoms with E-state index in [0.29, 0.717) is 5.75 Å². The van der Waals surface area contributed by atoms with Gasteiger partial charge in [-0.3, -0.25) is 9.48 Å². The number of thioether (sulfide) groups is 1. The van der Waals surface area contributed by atoms with Crippen molar-refractivity contribution in [2.45, 2.75) is 5.25 Å². The normalized spacial score (nSPS) is 18.6. The highest BCUT2D eigenvalue weighted by molar-refractivity contribution is 9.10. The monoisotopic (exact) mass is 337 g/mol. The van der Waals surface area contributed by atoms with E-state index in [0.717, 1.165) is 15.9 Å². The molecular weight excluding hydrogens is 326 g/mol. The van der Waals surface area contributed by atoms with Crippen LogP contribution in [-0.4, -0.2) is 21.4 Å². The molecule has 0 bridgehead atoms. The zero-order valence-corrected chi connectivity index (χ0v) is 12.7.